The fourth-order valence-corrected chi connectivity index (χ4v) is 2.15. The maximum Gasteiger partial charge on any atom is 0.240 e. The Hall–Kier alpha value is -1.79. The summed E-state index contributed by atoms with van der Waals surface area (Å²) in [4.78, 5) is 24.6. The van der Waals surface area contributed by atoms with Crippen molar-refractivity contribution in [3.05, 3.63) is 35.4 Å². The highest BCUT2D eigenvalue weighted by atomic mass is 32.1. The number of rotatable bonds is 3. The first-order valence-electron chi connectivity index (χ1n) is 5.49. The second-order valence-corrected chi connectivity index (χ2v) is 4.58. The minimum absolute atomic E-state index is 0.206. The molecule has 2 amide bonds. The molecule has 0 aliphatic carbocycles. The smallest absolute Gasteiger partial charge is 0.240 e. The zero-order valence-corrected chi connectivity index (χ0v) is 10.5. The Labute approximate surface area is 110 Å². The predicted octanol–water partition coefficient (Wildman–Crippen LogP) is -0.221. The number of piperazine rings is 1. The van der Waals surface area contributed by atoms with E-state index in [9.17, 15) is 9.59 Å². The van der Waals surface area contributed by atoms with Gasteiger partial charge in [0.25, 0.3) is 0 Å². The lowest BCUT2D eigenvalue weighted by Crippen LogP contribution is -2.51. The number of amides is 2. The fraction of sp³-hybridized carbons (Fsp3) is 0.250. The molecule has 1 fully saturated rings. The van der Waals surface area contributed by atoms with Crippen LogP contribution in [0.1, 0.15) is 11.1 Å². The van der Waals surface area contributed by atoms with Crippen LogP contribution in [-0.2, 0) is 16.1 Å². The Kier molecular flexibility index (Phi) is 3.69. The van der Waals surface area contributed by atoms with Crippen molar-refractivity contribution in [2.45, 2.75) is 6.54 Å². The van der Waals surface area contributed by atoms with Gasteiger partial charge in [0.05, 0.1) is 13.1 Å². The van der Waals surface area contributed by atoms with Gasteiger partial charge in [-0.3, -0.25) is 19.8 Å². The van der Waals surface area contributed by atoms with Gasteiger partial charge in [-0.2, -0.15) is 0 Å². The van der Waals surface area contributed by atoms with Crippen LogP contribution in [-0.4, -0.2) is 34.8 Å². The van der Waals surface area contributed by atoms with Gasteiger partial charge >= 0.3 is 0 Å². The number of imide groups is 1. The van der Waals surface area contributed by atoms with Gasteiger partial charge in [0, 0.05) is 12.1 Å². The van der Waals surface area contributed by atoms with Crippen molar-refractivity contribution in [1.82, 2.24) is 10.2 Å². The standard InChI is InChI=1S/C12H13N3O2S/c13-12(18)9-4-2-1-3-8(9)5-15-6-10(16)14-11(17)7-15/h1-4H,5-7H2,(H2,13,18)(H,14,16,17). The third-order valence-corrected chi connectivity index (χ3v) is 2.91. The molecule has 0 saturated carbocycles. The third-order valence-electron chi connectivity index (χ3n) is 2.69. The van der Waals surface area contributed by atoms with E-state index in [2.05, 4.69) is 5.32 Å². The maximum absolute atomic E-state index is 11.3. The molecule has 0 atom stereocenters. The highest BCUT2D eigenvalue weighted by molar-refractivity contribution is 7.80. The van der Waals surface area contributed by atoms with E-state index in [1.807, 2.05) is 24.3 Å². The molecular weight excluding hydrogens is 250 g/mol. The number of hydrogen-bond acceptors (Lipinski definition) is 4. The van der Waals surface area contributed by atoms with Crippen LogP contribution in [0.5, 0.6) is 0 Å². The number of thiocarbonyl (C=S) groups is 1. The number of nitrogens with two attached hydrogens (primary N) is 1. The highest BCUT2D eigenvalue weighted by Crippen LogP contribution is 2.12. The maximum atomic E-state index is 11.3. The molecule has 5 nitrogen and oxygen atoms in total. The van der Waals surface area contributed by atoms with Crippen LogP contribution in [0.15, 0.2) is 24.3 Å². The zero-order valence-electron chi connectivity index (χ0n) is 9.68. The average molecular weight is 263 g/mol. The Morgan fingerprint density at radius 2 is 1.89 bits per heavy atom. The van der Waals surface area contributed by atoms with Crippen LogP contribution < -0.4 is 11.1 Å². The van der Waals surface area contributed by atoms with Gasteiger partial charge in [0.1, 0.15) is 4.99 Å². The molecule has 2 rings (SSSR count). The Bertz CT molecular complexity index is 500. The molecule has 1 aliphatic heterocycles. The first kappa shape index (κ1) is 12.7. The lowest BCUT2D eigenvalue weighted by atomic mass is 10.1. The molecule has 0 unspecified atom stereocenters. The van der Waals surface area contributed by atoms with Crippen molar-refractivity contribution < 1.29 is 9.59 Å². The van der Waals surface area contributed by atoms with Gasteiger partial charge in [-0.25, -0.2) is 0 Å². The van der Waals surface area contributed by atoms with E-state index < -0.39 is 0 Å². The second-order valence-electron chi connectivity index (χ2n) is 4.14. The molecule has 94 valence electrons. The van der Waals surface area contributed by atoms with E-state index in [1.165, 1.54) is 0 Å². The van der Waals surface area contributed by atoms with Crippen molar-refractivity contribution in [2.75, 3.05) is 13.1 Å². The van der Waals surface area contributed by atoms with E-state index in [4.69, 9.17) is 18.0 Å². The van der Waals surface area contributed by atoms with Crippen LogP contribution >= 0.6 is 12.2 Å². The summed E-state index contributed by atoms with van der Waals surface area (Å²) in [6.07, 6.45) is 0. The summed E-state index contributed by atoms with van der Waals surface area (Å²) in [6, 6.07) is 7.46. The van der Waals surface area contributed by atoms with Gasteiger partial charge < -0.3 is 5.73 Å². The lowest BCUT2D eigenvalue weighted by molar-refractivity contribution is -0.136. The molecular formula is C12H13N3O2S. The lowest BCUT2D eigenvalue weighted by Gasteiger charge is -2.25. The first-order chi connectivity index (χ1) is 8.56. The molecule has 0 bridgehead atoms. The van der Waals surface area contributed by atoms with Crippen molar-refractivity contribution in [3.8, 4) is 0 Å². The molecule has 3 N–H and O–H groups in total. The average Bonchev–Trinajstić information content (AvgIpc) is 2.27. The minimum atomic E-state index is -0.279. The summed E-state index contributed by atoms with van der Waals surface area (Å²) in [5, 5.41) is 2.26. The quantitative estimate of drug-likeness (QED) is 0.582. The van der Waals surface area contributed by atoms with Gasteiger partial charge in [0.15, 0.2) is 0 Å². The number of carbonyl (C=O) groups is 2. The number of nitrogens with zero attached hydrogens (tertiary/aromatic N) is 1. The molecule has 1 heterocycles. The van der Waals surface area contributed by atoms with Gasteiger partial charge in [-0.05, 0) is 5.56 Å². The molecule has 18 heavy (non-hydrogen) atoms. The fourth-order valence-electron chi connectivity index (χ4n) is 1.95. The minimum Gasteiger partial charge on any atom is -0.389 e. The van der Waals surface area contributed by atoms with Crippen LogP contribution in [0.2, 0.25) is 0 Å². The molecule has 0 spiro atoms. The topological polar surface area (TPSA) is 75.4 Å². The number of hydrogen-bond donors (Lipinski definition) is 2. The Morgan fingerprint density at radius 1 is 1.28 bits per heavy atom. The summed E-state index contributed by atoms with van der Waals surface area (Å²) in [6.45, 7) is 0.890. The van der Waals surface area contributed by atoms with E-state index in [0.29, 0.717) is 11.5 Å². The number of carbonyl (C=O) groups excluding carboxylic acids is 2. The third kappa shape index (κ3) is 2.91. The van der Waals surface area contributed by atoms with Crippen molar-refractivity contribution in [1.29, 1.82) is 0 Å². The Balaban J connectivity index is 2.16. The highest BCUT2D eigenvalue weighted by Gasteiger charge is 2.22. The second kappa shape index (κ2) is 5.24. The predicted molar refractivity (Wildman–Crippen MR) is 70.8 cm³/mol. The van der Waals surface area contributed by atoms with E-state index in [0.717, 1.165) is 11.1 Å². The normalized spacial score (nSPS) is 16.4. The van der Waals surface area contributed by atoms with Gasteiger partial charge in [-0.15, -0.1) is 0 Å². The van der Waals surface area contributed by atoms with Crippen molar-refractivity contribution >= 4 is 29.0 Å². The van der Waals surface area contributed by atoms with Crippen LogP contribution in [0.3, 0.4) is 0 Å². The van der Waals surface area contributed by atoms with Gasteiger partial charge in [-0.1, -0.05) is 36.5 Å². The molecule has 1 aromatic carbocycles. The SMILES string of the molecule is NC(=S)c1ccccc1CN1CC(=O)NC(=O)C1. The summed E-state index contributed by atoms with van der Waals surface area (Å²) in [5.74, 6) is -0.557. The van der Waals surface area contributed by atoms with E-state index in [-0.39, 0.29) is 24.9 Å². The molecule has 1 saturated heterocycles. The summed E-state index contributed by atoms with van der Waals surface area (Å²) < 4.78 is 0. The summed E-state index contributed by atoms with van der Waals surface area (Å²) in [5.41, 5.74) is 7.35. The number of benzene rings is 1. The monoisotopic (exact) mass is 263 g/mol. The molecule has 6 heteroatoms. The van der Waals surface area contributed by atoms with Crippen molar-refractivity contribution in [3.63, 3.8) is 0 Å². The molecule has 0 radical (unpaired) electrons. The van der Waals surface area contributed by atoms with E-state index in [1.54, 1.807) is 4.90 Å². The zero-order chi connectivity index (χ0) is 13.1. The molecule has 0 aromatic heterocycles. The van der Waals surface area contributed by atoms with Crippen LogP contribution in [0, 0.1) is 0 Å². The van der Waals surface area contributed by atoms with E-state index >= 15 is 0 Å². The van der Waals surface area contributed by atoms with Gasteiger partial charge in [0.2, 0.25) is 11.8 Å². The van der Waals surface area contributed by atoms with Crippen LogP contribution in [0.25, 0.3) is 0 Å². The first-order valence-corrected chi connectivity index (χ1v) is 5.90. The van der Waals surface area contributed by atoms with Crippen molar-refractivity contribution in [2.24, 2.45) is 5.73 Å². The molecule has 1 aliphatic rings. The molecule has 1 aromatic rings. The van der Waals surface area contributed by atoms with Crippen LogP contribution in [0.4, 0.5) is 0 Å². The Morgan fingerprint density at radius 3 is 2.50 bits per heavy atom. The number of nitrogens with one attached hydrogen (secondary N) is 1. The summed E-state index contributed by atoms with van der Waals surface area (Å²) in [7, 11) is 0. The largest absolute Gasteiger partial charge is 0.389 e. The summed E-state index contributed by atoms with van der Waals surface area (Å²) >= 11 is 4.98.